The topological polar surface area (TPSA) is 59.3 Å². The molecule has 2 atom stereocenters. The second-order valence-corrected chi connectivity index (χ2v) is 5.97. The summed E-state index contributed by atoms with van der Waals surface area (Å²) in [6, 6.07) is 11.5. The molecule has 0 fully saturated rings. The molecule has 21 heavy (non-hydrogen) atoms. The van der Waals surface area contributed by atoms with Crippen LogP contribution in [-0.4, -0.2) is 21.6 Å². The molecule has 1 heterocycles. The van der Waals surface area contributed by atoms with Gasteiger partial charge in [-0.3, -0.25) is 9.59 Å². The summed E-state index contributed by atoms with van der Waals surface area (Å²) < 4.78 is 1.50. The van der Waals surface area contributed by atoms with E-state index in [0.29, 0.717) is 11.1 Å². The molecule has 4 heteroatoms. The van der Waals surface area contributed by atoms with E-state index in [1.54, 1.807) is 50.4 Å². The Labute approximate surface area is 122 Å². The molecule has 0 unspecified atom stereocenters. The van der Waals surface area contributed by atoms with Crippen molar-refractivity contribution in [2.24, 2.45) is 5.41 Å². The summed E-state index contributed by atoms with van der Waals surface area (Å²) >= 11 is 0. The average Bonchev–Trinajstić information content (AvgIpc) is 2.48. The molecule has 1 aliphatic carbocycles. The molecule has 0 aliphatic heterocycles. The lowest BCUT2D eigenvalue weighted by atomic mass is 9.68. The van der Waals surface area contributed by atoms with Gasteiger partial charge in [0.25, 0.3) is 5.56 Å². The first-order chi connectivity index (χ1) is 9.94. The Balaban J connectivity index is 2.29. The summed E-state index contributed by atoms with van der Waals surface area (Å²) in [5.74, 6) is -0.0918. The van der Waals surface area contributed by atoms with E-state index in [9.17, 15) is 14.7 Å². The van der Waals surface area contributed by atoms with Crippen LogP contribution in [0.2, 0.25) is 0 Å². The minimum atomic E-state index is -0.958. The maximum Gasteiger partial charge on any atom is 0.251 e. The van der Waals surface area contributed by atoms with Crippen molar-refractivity contribution in [2.75, 3.05) is 0 Å². The van der Waals surface area contributed by atoms with Crippen molar-refractivity contribution in [1.29, 1.82) is 0 Å². The Morgan fingerprint density at radius 3 is 2.43 bits per heavy atom. The number of pyridine rings is 1. The van der Waals surface area contributed by atoms with E-state index in [-0.39, 0.29) is 11.3 Å². The number of aliphatic hydroxyl groups is 1. The van der Waals surface area contributed by atoms with Gasteiger partial charge in [-0.05, 0) is 25.5 Å². The number of carbonyl (C=O) groups excluding carboxylic acids is 1. The normalized spacial score (nSPS) is 23.7. The molecule has 1 aliphatic rings. The molecule has 3 rings (SSSR count). The van der Waals surface area contributed by atoms with Gasteiger partial charge in [0.15, 0.2) is 5.78 Å². The Morgan fingerprint density at radius 2 is 1.71 bits per heavy atom. The van der Waals surface area contributed by atoms with E-state index < -0.39 is 17.6 Å². The molecule has 0 saturated heterocycles. The van der Waals surface area contributed by atoms with Gasteiger partial charge in [-0.2, -0.15) is 0 Å². The van der Waals surface area contributed by atoms with Crippen molar-refractivity contribution in [3.8, 4) is 0 Å². The molecular weight excluding hydrogens is 266 g/mol. The minimum Gasteiger partial charge on any atom is -0.390 e. The monoisotopic (exact) mass is 283 g/mol. The van der Waals surface area contributed by atoms with Crippen LogP contribution in [0.3, 0.4) is 0 Å². The van der Waals surface area contributed by atoms with Gasteiger partial charge in [-0.25, -0.2) is 0 Å². The molecule has 1 aromatic carbocycles. The van der Waals surface area contributed by atoms with Crippen LogP contribution in [0.1, 0.15) is 35.8 Å². The first kappa shape index (κ1) is 13.8. The molecule has 1 N–H and O–H groups in total. The lowest BCUT2D eigenvalue weighted by molar-refractivity contribution is 0.0134. The number of rotatable bonds is 1. The number of hydrogen-bond donors (Lipinski definition) is 1. The number of aromatic nitrogens is 1. The number of carbonyl (C=O) groups is 1. The molecule has 0 radical (unpaired) electrons. The molecule has 0 bridgehead atoms. The zero-order valence-electron chi connectivity index (χ0n) is 12.0. The number of Topliss-reactive ketones (excluding diaryl/α,β-unsaturated/α-hetero) is 1. The predicted octanol–water partition coefficient (Wildman–Crippen LogP) is 2.02. The van der Waals surface area contributed by atoms with Crippen LogP contribution in [0.15, 0.2) is 53.5 Å². The minimum absolute atomic E-state index is 0.0918. The Hall–Kier alpha value is -2.20. The zero-order chi connectivity index (χ0) is 15.2. The number of hydrogen-bond acceptors (Lipinski definition) is 3. The smallest absolute Gasteiger partial charge is 0.251 e. The lowest BCUT2D eigenvalue weighted by Crippen LogP contribution is -2.49. The Kier molecular flexibility index (Phi) is 3.06. The predicted molar refractivity (Wildman–Crippen MR) is 79.4 cm³/mol. The standard InChI is InChI=1S/C17H17NO3/c1-17(2)15(20)12-8-4-3-7-11(12)14(16(17)21)18-10-6-5-9-13(18)19/h3-10,14,16,21H,1-2H3/t14-,16+/m0/s1. The fraction of sp³-hybridized carbons (Fsp3) is 0.294. The van der Waals surface area contributed by atoms with Crippen molar-refractivity contribution in [2.45, 2.75) is 26.0 Å². The lowest BCUT2D eigenvalue weighted by Gasteiger charge is -2.41. The van der Waals surface area contributed by atoms with E-state index in [1.807, 2.05) is 6.07 Å². The van der Waals surface area contributed by atoms with Crippen molar-refractivity contribution in [1.82, 2.24) is 4.57 Å². The molecule has 0 spiro atoms. The fourth-order valence-electron chi connectivity index (χ4n) is 2.98. The van der Waals surface area contributed by atoms with Gasteiger partial charge in [0.2, 0.25) is 0 Å². The first-order valence-electron chi connectivity index (χ1n) is 6.93. The van der Waals surface area contributed by atoms with Gasteiger partial charge in [0.1, 0.15) is 0 Å². The van der Waals surface area contributed by atoms with Crippen LogP contribution in [-0.2, 0) is 0 Å². The Morgan fingerprint density at radius 1 is 1.05 bits per heavy atom. The van der Waals surface area contributed by atoms with Crippen LogP contribution >= 0.6 is 0 Å². The SMILES string of the molecule is CC1(C)C(=O)c2ccccc2[C@H](n2ccccc2=O)[C@H]1O. The van der Waals surface area contributed by atoms with Crippen molar-refractivity contribution in [3.05, 3.63) is 70.1 Å². The summed E-state index contributed by atoms with van der Waals surface area (Å²) in [5.41, 5.74) is 0.145. The fourth-order valence-corrected chi connectivity index (χ4v) is 2.98. The summed E-state index contributed by atoms with van der Waals surface area (Å²) in [4.78, 5) is 24.7. The summed E-state index contributed by atoms with van der Waals surface area (Å²) in [7, 11) is 0. The third-order valence-corrected chi connectivity index (χ3v) is 4.30. The van der Waals surface area contributed by atoms with Gasteiger partial charge < -0.3 is 9.67 Å². The van der Waals surface area contributed by atoms with Gasteiger partial charge in [0.05, 0.1) is 17.6 Å². The van der Waals surface area contributed by atoms with Gasteiger partial charge in [-0.15, -0.1) is 0 Å². The second-order valence-electron chi connectivity index (χ2n) is 5.97. The van der Waals surface area contributed by atoms with Crippen LogP contribution in [0.4, 0.5) is 0 Å². The van der Waals surface area contributed by atoms with Gasteiger partial charge in [-0.1, -0.05) is 30.3 Å². The molecule has 2 aromatic rings. The highest BCUT2D eigenvalue weighted by Crippen LogP contribution is 2.42. The van der Waals surface area contributed by atoms with E-state index in [1.165, 1.54) is 10.6 Å². The van der Waals surface area contributed by atoms with Crippen molar-refractivity contribution in [3.63, 3.8) is 0 Å². The zero-order valence-corrected chi connectivity index (χ0v) is 12.0. The number of nitrogens with zero attached hydrogens (tertiary/aromatic N) is 1. The van der Waals surface area contributed by atoms with Gasteiger partial charge in [0, 0.05) is 17.8 Å². The molecule has 108 valence electrons. The molecule has 1 aromatic heterocycles. The van der Waals surface area contributed by atoms with E-state index in [4.69, 9.17) is 0 Å². The third kappa shape index (κ3) is 1.94. The first-order valence-corrected chi connectivity index (χ1v) is 6.93. The highest BCUT2D eigenvalue weighted by atomic mass is 16.3. The molecular formula is C17H17NO3. The highest BCUT2D eigenvalue weighted by Gasteiger charge is 2.47. The number of ketones is 1. The van der Waals surface area contributed by atoms with E-state index >= 15 is 0 Å². The van der Waals surface area contributed by atoms with Crippen LogP contribution < -0.4 is 5.56 Å². The largest absolute Gasteiger partial charge is 0.390 e. The van der Waals surface area contributed by atoms with Crippen LogP contribution in [0.5, 0.6) is 0 Å². The quantitative estimate of drug-likeness (QED) is 0.871. The second kappa shape index (κ2) is 4.67. The number of fused-ring (bicyclic) bond motifs is 1. The van der Waals surface area contributed by atoms with Crippen LogP contribution in [0.25, 0.3) is 0 Å². The van der Waals surface area contributed by atoms with Crippen molar-refractivity contribution >= 4 is 5.78 Å². The van der Waals surface area contributed by atoms with Gasteiger partial charge >= 0.3 is 0 Å². The maximum atomic E-state index is 12.6. The maximum absolute atomic E-state index is 12.6. The number of benzene rings is 1. The summed E-state index contributed by atoms with van der Waals surface area (Å²) in [6.45, 7) is 3.44. The highest BCUT2D eigenvalue weighted by molar-refractivity contribution is 6.03. The van der Waals surface area contributed by atoms with E-state index in [0.717, 1.165) is 0 Å². The summed E-state index contributed by atoms with van der Waals surface area (Å²) in [5, 5.41) is 10.7. The van der Waals surface area contributed by atoms with Crippen molar-refractivity contribution < 1.29 is 9.90 Å². The number of aliphatic hydroxyl groups excluding tert-OH is 1. The average molecular weight is 283 g/mol. The molecule has 0 saturated carbocycles. The molecule has 0 amide bonds. The Bertz CT molecular complexity index is 760. The summed E-state index contributed by atoms with van der Waals surface area (Å²) in [6.07, 6.45) is 0.693. The van der Waals surface area contributed by atoms with E-state index in [2.05, 4.69) is 0 Å². The third-order valence-electron chi connectivity index (χ3n) is 4.30. The molecule has 4 nitrogen and oxygen atoms in total. The van der Waals surface area contributed by atoms with Crippen LogP contribution in [0, 0.1) is 5.41 Å².